The van der Waals surface area contributed by atoms with Crippen LogP contribution in [0.5, 0.6) is 0 Å². The summed E-state index contributed by atoms with van der Waals surface area (Å²) < 4.78 is 34.0. The largest absolute Gasteiger partial charge is 0.301 e. The summed E-state index contributed by atoms with van der Waals surface area (Å²) in [4.78, 5) is 3.95. The van der Waals surface area contributed by atoms with Crippen LogP contribution in [0, 0.1) is 10.2 Å². The fraction of sp³-hybridized carbons (Fsp3) is 0. The van der Waals surface area contributed by atoms with Crippen LogP contribution in [0.25, 0.3) is 22.6 Å². The minimum atomic E-state index is -4.94. The predicted molar refractivity (Wildman–Crippen MR) is 85.3 cm³/mol. The Labute approximate surface area is 147 Å². The Morgan fingerprint density at radius 3 is 2.13 bits per heavy atom. The molecule has 0 aliphatic carbocycles. The molecule has 4 nitrogen and oxygen atoms in total. The van der Waals surface area contributed by atoms with Crippen molar-refractivity contribution in [3.05, 3.63) is 63.7 Å². The highest BCUT2D eigenvalue weighted by Gasteiger charge is 2.13. The molecule has 0 saturated heterocycles. The lowest BCUT2D eigenvalue weighted by atomic mass is 10.2. The molecule has 23 heavy (non-hydrogen) atoms. The van der Waals surface area contributed by atoms with E-state index in [-0.39, 0.29) is 0 Å². The minimum Gasteiger partial charge on any atom is -0.222 e. The lowest BCUT2D eigenvalue weighted by molar-refractivity contribution is -2.00. The van der Waals surface area contributed by atoms with Crippen LogP contribution in [0.1, 0.15) is 9.75 Å². The third-order valence-corrected chi connectivity index (χ3v) is 5.78. The normalized spacial score (nSPS) is 11.3. The molecule has 8 heteroatoms. The van der Waals surface area contributed by atoms with E-state index in [1.54, 1.807) is 11.3 Å². The number of thiophene rings is 1. The van der Waals surface area contributed by atoms with E-state index in [0.717, 1.165) is 0 Å². The summed E-state index contributed by atoms with van der Waals surface area (Å²) in [6.07, 6.45) is 4.37. The zero-order valence-corrected chi connectivity index (χ0v) is 14.8. The highest BCUT2D eigenvalue weighted by molar-refractivity contribution is 7.71. The van der Waals surface area contributed by atoms with Gasteiger partial charge in [-0.1, -0.05) is 24.3 Å². The van der Waals surface area contributed by atoms with Gasteiger partial charge in [-0.05, 0) is 35.7 Å². The van der Waals surface area contributed by atoms with Crippen molar-refractivity contribution < 1.29 is 28.9 Å². The van der Waals surface area contributed by atoms with Crippen LogP contribution in [0.3, 0.4) is 0 Å². The summed E-state index contributed by atoms with van der Waals surface area (Å²) in [6.45, 7) is 0. The molecule has 0 bridgehead atoms. The van der Waals surface area contributed by atoms with E-state index >= 15 is 0 Å². The number of rotatable bonds is 3. The number of hydrogen-bond donors (Lipinski definition) is 0. The molecule has 0 atom stereocenters. The van der Waals surface area contributed by atoms with Crippen molar-refractivity contribution in [1.29, 1.82) is 0 Å². The maximum Gasteiger partial charge on any atom is 0.301 e. The van der Waals surface area contributed by atoms with E-state index in [1.165, 1.54) is 20.2 Å². The second kappa shape index (κ2) is 8.62. The molecule has 2 aromatic heterocycles. The summed E-state index contributed by atoms with van der Waals surface area (Å²) in [5.74, 6) is 0. The van der Waals surface area contributed by atoms with Gasteiger partial charge in [-0.25, -0.2) is 18.6 Å². The van der Waals surface area contributed by atoms with Gasteiger partial charge in [0, 0.05) is 16.5 Å². The van der Waals surface area contributed by atoms with Crippen molar-refractivity contribution in [2.45, 2.75) is 0 Å². The second-order valence-electron chi connectivity index (χ2n) is 4.17. The van der Waals surface area contributed by atoms with Crippen LogP contribution in [0.15, 0.2) is 53.9 Å². The molecule has 3 rings (SSSR count). The number of benzene rings is 1. The van der Waals surface area contributed by atoms with Gasteiger partial charge in [-0.15, -0.1) is 21.6 Å². The molecule has 3 aromatic rings. The molecule has 120 valence electrons. The zero-order chi connectivity index (χ0) is 16.7. The van der Waals surface area contributed by atoms with Crippen molar-refractivity contribution in [1.82, 2.24) is 0 Å². The molecule has 0 N–H and O–H groups in total. The third kappa shape index (κ3) is 7.30. The Kier molecular flexibility index (Phi) is 6.82. The van der Waals surface area contributed by atoms with Crippen LogP contribution >= 0.6 is 32.0 Å². The minimum absolute atomic E-state index is 1.30. The predicted octanol–water partition coefficient (Wildman–Crippen LogP) is 1.23. The van der Waals surface area contributed by atoms with Crippen LogP contribution in [-0.2, 0) is 0 Å². The average molecular weight is 387 g/mol. The molecular formula is C15H11ClO4S3. The van der Waals surface area contributed by atoms with Gasteiger partial charge in [0.2, 0.25) is 0 Å². The topological polar surface area (TPSA) is 92.2 Å². The van der Waals surface area contributed by atoms with Gasteiger partial charge in [0.1, 0.15) is 0 Å². The fourth-order valence-corrected chi connectivity index (χ4v) is 4.51. The van der Waals surface area contributed by atoms with E-state index in [4.69, 9.17) is 18.6 Å². The van der Waals surface area contributed by atoms with Crippen molar-refractivity contribution in [2.75, 3.05) is 0 Å². The lowest BCUT2D eigenvalue weighted by Gasteiger charge is -2.17. The Morgan fingerprint density at radius 2 is 1.52 bits per heavy atom. The molecule has 0 aliphatic heterocycles. The van der Waals surface area contributed by atoms with Gasteiger partial charge in [0.15, 0.2) is 10.3 Å². The number of halogens is 1. The van der Waals surface area contributed by atoms with Gasteiger partial charge in [0.25, 0.3) is 4.88 Å². The summed E-state index contributed by atoms with van der Waals surface area (Å²) in [7, 11) is -1.29. The molecule has 0 radical (unpaired) electrons. The molecule has 0 spiro atoms. The third-order valence-electron chi connectivity index (χ3n) is 2.51. The Morgan fingerprint density at radius 1 is 0.870 bits per heavy atom. The van der Waals surface area contributed by atoms with Crippen LogP contribution in [-0.4, -0.2) is 0 Å². The summed E-state index contributed by atoms with van der Waals surface area (Å²) in [6, 6.07) is 17.0. The summed E-state index contributed by atoms with van der Waals surface area (Å²) in [5, 5.41) is 2.10. The van der Waals surface area contributed by atoms with E-state index in [0.29, 0.717) is 0 Å². The van der Waals surface area contributed by atoms with Crippen molar-refractivity contribution in [3.63, 3.8) is 0 Å². The molecule has 0 amide bonds. The molecule has 0 saturated carbocycles. The second-order valence-corrected chi connectivity index (χ2v) is 8.15. The monoisotopic (exact) mass is 386 g/mol. The van der Waals surface area contributed by atoms with Crippen molar-refractivity contribution in [2.24, 2.45) is 0 Å². The molecule has 0 fully saturated rings. The smallest absolute Gasteiger partial charge is 0.222 e. The first-order chi connectivity index (χ1) is 10.9. The molecule has 1 aromatic carbocycles. The quantitative estimate of drug-likeness (QED) is 0.500. The fourth-order valence-electron chi connectivity index (χ4n) is 1.63. The standard InChI is InChI=1S/C15H11S3.ClHO4/c1-2-5-12(6-3-1)15-11-14(17-18-15)9-8-13-7-4-10-16-13;2-1(3,4)5/h1-11H;(H,2,3,4,5)/q+1;/p-1. The Hall–Kier alpha value is -1.16. The van der Waals surface area contributed by atoms with Gasteiger partial charge >= 0.3 is 10.3 Å². The zero-order valence-electron chi connectivity index (χ0n) is 11.6. The molecular weight excluding hydrogens is 376 g/mol. The van der Waals surface area contributed by atoms with E-state index in [2.05, 4.69) is 66.1 Å². The first-order valence-corrected chi connectivity index (χ1v) is 10.5. The molecule has 0 unspecified atom stereocenters. The summed E-state index contributed by atoms with van der Waals surface area (Å²) in [5.41, 5.74) is 1.30. The van der Waals surface area contributed by atoms with Gasteiger partial charge in [-0.2, -0.15) is 0 Å². The van der Waals surface area contributed by atoms with Gasteiger partial charge in [0.05, 0.1) is 4.88 Å². The maximum atomic E-state index is 8.49. The van der Waals surface area contributed by atoms with Gasteiger partial charge < -0.3 is 0 Å². The van der Waals surface area contributed by atoms with E-state index in [1.807, 2.05) is 20.7 Å². The van der Waals surface area contributed by atoms with Crippen LogP contribution < -0.4 is 18.6 Å². The van der Waals surface area contributed by atoms with Crippen LogP contribution in [0.4, 0.5) is 0 Å². The molecule has 0 aliphatic rings. The Bertz CT molecular complexity index is 728. The highest BCUT2D eigenvalue weighted by Crippen LogP contribution is 2.32. The first-order valence-electron chi connectivity index (χ1n) is 6.24. The highest BCUT2D eigenvalue weighted by atomic mass is 35.7. The SMILES string of the molecule is C(=C\c1cc(-c2ccccc2)[s+]s1)/c1cccs1.[O-][Cl+3]([O-])([O-])[O-]. The average Bonchev–Trinajstić information content (AvgIpc) is 3.16. The lowest BCUT2D eigenvalue weighted by Crippen LogP contribution is -2.68. The number of hydrogen-bond acceptors (Lipinski definition) is 6. The van der Waals surface area contributed by atoms with E-state index < -0.39 is 10.2 Å². The Balaban J connectivity index is 0.000000338. The van der Waals surface area contributed by atoms with Crippen molar-refractivity contribution >= 4 is 44.2 Å². The van der Waals surface area contributed by atoms with Gasteiger partial charge in [-0.3, -0.25) is 0 Å². The molecule has 2 heterocycles. The summed E-state index contributed by atoms with van der Waals surface area (Å²) >= 11 is 1.77. The maximum absolute atomic E-state index is 8.49. The van der Waals surface area contributed by atoms with Crippen LogP contribution in [0.2, 0.25) is 0 Å². The van der Waals surface area contributed by atoms with Crippen molar-refractivity contribution in [3.8, 4) is 10.4 Å². The first kappa shape index (κ1) is 18.2. The van der Waals surface area contributed by atoms with E-state index in [9.17, 15) is 0 Å².